The van der Waals surface area contributed by atoms with Gasteiger partial charge in [0.2, 0.25) is 15.9 Å². The van der Waals surface area contributed by atoms with E-state index in [1.807, 2.05) is 6.92 Å². The van der Waals surface area contributed by atoms with Crippen molar-refractivity contribution in [3.8, 4) is 5.75 Å². The van der Waals surface area contributed by atoms with Crippen molar-refractivity contribution >= 4 is 15.9 Å². The Bertz CT molecular complexity index is 651. The van der Waals surface area contributed by atoms with Crippen LogP contribution in [0.4, 0.5) is 4.39 Å². The van der Waals surface area contributed by atoms with Gasteiger partial charge in [-0.1, -0.05) is 12.1 Å². The van der Waals surface area contributed by atoms with E-state index in [0.29, 0.717) is 19.5 Å². The van der Waals surface area contributed by atoms with Gasteiger partial charge in [0.05, 0.1) is 11.7 Å². The Labute approximate surface area is 135 Å². The van der Waals surface area contributed by atoms with Gasteiger partial charge in [-0.05, 0) is 25.5 Å². The molecule has 1 aromatic rings. The summed E-state index contributed by atoms with van der Waals surface area (Å²) >= 11 is 0. The summed E-state index contributed by atoms with van der Waals surface area (Å²) in [6.45, 7) is 2.73. The third-order valence-corrected chi connectivity index (χ3v) is 5.50. The molecule has 1 aliphatic heterocycles. The molecule has 6 nitrogen and oxygen atoms in total. The number of hydrogen-bond donors (Lipinski definition) is 1. The van der Waals surface area contributed by atoms with Gasteiger partial charge in [0.1, 0.15) is 6.61 Å². The number of halogens is 1. The Morgan fingerprint density at radius 3 is 2.87 bits per heavy atom. The maximum Gasteiger partial charge on any atom is 0.224 e. The van der Waals surface area contributed by atoms with E-state index in [2.05, 4.69) is 5.32 Å². The number of sulfonamides is 1. The lowest BCUT2D eigenvalue weighted by atomic mass is 10.1. The Morgan fingerprint density at radius 2 is 2.17 bits per heavy atom. The van der Waals surface area contributed by atoms with Gasteiger partial charge in [-0.3, -0.25) is 4.79 Å². The summed E-state index contributed by atoms with van der Waals surface area (Å²) in [5, 5.41) is 2.70. The van der Waals surface area contributed by atoms with Gasteiger partial charge in [-0.25, -0.2) is 17.1 Å². The van der Waals surface area contributed by atoms with Crippen molar-refractivity contribution in [2.75, 3.05) is 32.0 Å². The van der Waals surface area contributed by atoms with Crippen molar-refractivity contribution in [3.05, 3.63) is 30.1 Å². The number of ether oxygens (including phenoxy) is 1. The maximum atomic E-state index is 13.4. The first-order valence-electron chi connectivity index (χ1n) is 7.57. The summed E-state index contributed by atoms with van der Waals surface area (Å²) in [4.78, 5) is 11.8. The van der Waals surface area contributed by atoms with Crippen LogP contribution in [0.25, 0.3) is 0 Å². The Hall–Kier alpha value is -1.67. The molecule has 1 unspecified atom stereocenters. The molecule has 1 fully saturated rings. The highest BCUT2D eigenvalue weighted by molar-refractivity contribution is 7.89. The predicted molar refractivity (Wildman–Crippen MR) is 84.0 cm³/mol. The van der Waals surface area contributed by atoms with Crippen LogP contribution >= 0.6 is 0 Å². The minimum absolute atomic E-state index is 0.0318. The van der Waals surface area contributed by atoms with Gasteiger partial charge < -0.3 is 10.1 Å². The number of benzene rings is 1. The summed E-state index contributed by atoms with van der Waals surface area (Å²) in [7, 11) is -3.52. The van der Waals surface area contributed by atoms with Crippen LogP contribution in [0.1, 0.15) is 13.3 Å². The number of para-hydroxylation sites is 1. The van der Waals surface area contributed by atoms with Crippen LogP contribution in [0.5, 0.6) is 5.75 Å². The van der Waals surface area contributed by atoms with E-state index in [9.17, 15) is 17.6 Å². The Balaban J connectivity index is 1.85. The number of carbonyl (C=O) groups is 1. The first-order chi connectivity index (χ1) is 10.9. The monoisotopic (exact) mass is 344 g/mol. The topological polar surface area (TPSA) is 75.7 Å². The van der Waals surface area contributed by atoms with Crippen LogP contribution < -0.4 is 10.1 Å². The highest BCUT2D eigenvalue weighted by atomic mass is 32.2. The van der Waals surface area contributed by atoms with Gasteiger partial charge in [0, 0.05) is 19.6 Å². The molecule has 1 saturated heterocycles. The normalized spacial score (nSPS) is 18.8. The van der Waals surface area contributed by atoms with Crippen LogP contribution in [-0.2, 0) is 14.8 Å². The average molecular weight is 344 g/mol. The van der Waals surface area contributed by atoms with Gasteiger partial charge in [0.25, 0.3) is 0 Å². The van der Waals surface area contributed by atoms with Crippen molar-refractivity contribution in [1.82, 2.24) is 9.62 Å². The average Bonchev–Trinajstić information content (AvgIpc) is 3.00. The zero-order valence-corrected chi connectivity index (χ0v) is 13.8. The van der Waals surface area contributed by atoms with E-state index in [0.717, 1.165) is 0 Å². The second-order valence-corrected chi connectivity index (χ2v) is 7.42. The maximum absolute atomic E-state index is 13.4. The number of rotatable bonds is 7. The number of nitrogens with zero attached hydrogens (tertiary/aromatic N) is 1. The molecular weight excluding hydrogens is 323 g/mol. The van der Waals surface area contributed by atoms with E-state index in [-0.39, 0.29) is 36.5 Å². The quantitative estimate of drug-likeness (QED) is 0.800. The molecule has 8 heteroatoms. The van der Waals surface area contributed by atoms with Crippen LogP contribution in [0.3, 0.4) is 0 Å². The van der Waals surface area contributed by atoms with Gasteiger partial charge in [0.15, 0.2) is 11.6 Å². The molecule has 23 heavy (non-hydrogen) atoms. The standard InChI is InChI=1S/C15H21FN2O4S/c1-2-17-15(19)12-7-8-18(11-12)23(20,21)10-9-22-14-6-4-3-5-13(14)16/h3-6,12H,2,7-11H2,1H3,(H,17,19). The molecule has 1 aromatic carbocycles. The summed E-state index contributed by atoms with van der Waals surface area (Å²) in [6, 6.07) is 5.85. The van der Waals surface area contributed by atoms with Crippen LogP contribution in [0.15, 0.2) is 24.3 Å². The molecule has 1 aliphatic rings. The lowest BCUT2D eigenvalue weighted by molar-refractivity contribution is -0.124. The lowest BCUT2D eigenvalue weighted by Crippen LogP contribution is -2.36. The predicted octanol–water partition coefficient (Wildman–Crippen LogP) is 0.992. The zero-order valence-electron chi connectivity index (χ0n) is 13.0. The second-order valence-electron chi connectivity index (χ2n) is 5.33. The van der Waals surface area contributed by atoms with Crippen molar-refractivity contribution < 1.29 is 22.3 Å². The van der Waals surface area contributed by atoms with E-state index in [1.54, 1.807) is 6.07 Å². The van der Waals surface area contributed by atoms with E-state index >= 15 is 0 Å². The summed E-state index contributed by atoms with van der Waals surface area (Å²) in [5.41, 5.74) is 0. The minimum Gasteiger partial charge on any atom is -0.489 e. The van der Waals surface area contributed by atoms with Gasteiger partial charge in [-0.2, -0.15) is 0 Å². The third-order valence-electron chi connectivity index (χ3n) is 3.70. The van der Waals surface area contributed by atoms with Crippen molar-refractivity contribution in [2.45, 2.75) is 13.3 Å². The fraction of sp³-hybridized carbons (Fsp3) is 0.533. The van der Waals surface area contributed by atoms with Crippen LogP contribution in [0, 0.1) is 11.7 Å². The largest absolute Gasteiger partial charge is 0.489 e. The molecule has 0 aromatic heterocycles. The Morgan fingerprint density at radius 1 is 1.43 bits per heavy atom. The molecule has 0 bridgehead atoms. The SMILES string of the molecule is CCNC(=O)C1CCN(S(=O)(=O)CCOc2ccccc2F)C1. The van der Waals surface area contributed by atoms with Gasteiger partial charge in [-0.15, -0.1) is 0 Å². The van der Waals surface area contributed by atoms with Crippen molar-refractivity contribution in [2.24, 2.45) is 5.92 Å². The summed E-state index contributed by atoms with van der Waals surface area (Å²) in [5.74, 6) is -1.17. The van der Waals surface area contributed by atoms with Crippen molar-refractivity contribution in [1.29, 1.82) is 0 Å². The first kappa shape index (κ1) is 17.7. The van der Waals surface area contributed by atoms with E-state index < -0.39 is 15.8 Å². The summed E-state index contributed by atoms with van der Waals surface area (Å²) < 4.78 is 44.4. The molecule has 0 aliphatic carbocycles. The first-order valence-corrected chi connectivity index (χ1v) is 9.18. The molecule has 0 spiro atoms. The molecule has 128 valence electrons. The molecule has 0 saturated carbocycles. The highest BCUT2D eigenvalue weighted by Gasteiger charge is 2.34. The molecule has 1 atom stereocenters. The number of hydrogen-bond acceptors (Lipinski definition) is 4. The zero-order chi connectivity index (χ0) is 16.9. The van der Waals surface area contributed by atoms with Gasteiger partial charge >= 0.3 is 0 Å². The highest BCUT2D eigenvalue weighted by Crippen LogP contribution is 2.20. The minimum atomic E-state index is -3.52. The molecule has 2 rings (SSSR count). The van der Waals surface area contributed by atoms with Crippen molar-refractivity contribution in [3.63, 3.8) is 0 Å². The molecule has 0 radical (unpaired) electrons. The number of amides is 1. The fourth-order valence-corrected chi connectivity index (χ4v) is 3.80. The molecule has 1 heterocycles. The van der Waals surface area contributed by atoms with Crippen LogP contribution in [0.2, 0.25) is 0 Å². The Kier molecular flexibility index (Phi) is 5.95. The number of nitrogens with one attached hydrogen (secondary N) is 1. The molecular formula is C15H21FN2O4S. The molecule has 1 amide bonds. The fourth-order valence-electron chi connectivity index (χ4n) is 2.46. The third kappa shape index (κ3) is 4.65. The second kappa shape index (κ2) is 7.74. The smallest absolute Gasteiger partial charge is 0.224 e. The van der Waals surface area contributed by atoms with E-state index in [4.69, 9.17) is 4.74 Å². The molecule has 1 N–H and O–H groups in total. The van der Waals surface area contributed by atoms with Crippen LogP contribution in [-0.4, -0.2) is 50.6 Å². The number of carbonyl (C=O) groups excluding carboxylic acids is 1. The summed E-state index contributed by atoms with van der Waals surface area (Å²) in [6.07, 6.45) is 0.513. The lowest BCUT2D eigenvalue weighted by Gasteiger charge is -2.16. The van der Waals surface area contributed by atoms with E-state index in [1.165, 1.54) is 22.5 Å².